The van der Waals surface area contributed by atoms with Gasteiger partial charge in [-0.05, 0) is 12.5 Å². The lowest BCUT2D eigenvalue weighted by Gasteiger charge is -2.40. The third kappa shape index (κ3) is 5.54. The number of hydrogen-bond donors (Lipinski definition) is 1. The maximum absolute atomic E-state index is 14.1. The van der Waals surface area contributed by atoms with E-state index in [-0.39, 0.29) is 30.0 Å². The zero-order valence-electron chi connectivity index (χ0n) is 14.6. The van der Waals surface area contributed by atoms with Gasteiger partial charge in [-0.2, -0.15) is 0 Å². The molecule has 0 radical (unpaired) electrons. The van der Waals surface area contributed by atoms with E-state index in [9.17, 15) is 8.78 Å². The van der Waals surface area contributed by atoms with Gasteiger partial charge in [-0.3, -0.25) is 9.89 Å². The molecule has 138 valence electrons. The highest BCUT2D eigenvalue weighted by molar-refractivity contribution is 14.0. The molecule has 4 nitrogen and oxygen atoms in total. The fourth-order valence-electron chi connectivity index (χ4n) is 3.15. The number of aliphatic imine (C=N–C) groups is 1. The van der Waals surface area contributed by atoms with Crippen molar-refractivity contribution in [3.05, 3.63) is 35.4 Å². The lowest BCUT2D eigenvalue weighted by atomic mass is 10.0. The number of nitrogens with zero attached hydrogens (tertiary/aromatic N) is 3. The second kappa shape index (κ2) is 10.6. The van der Waals surface area contributed by atoms with Crippen molar-refractivity contribution in [1.29, 1.82) is 0 Å². The molecule has 7 heteroatoms. The van der Waals surface area contributed by atoms with Crippen molar-refractivity contribution in [2.24, 2.45) is 4.99 Å². The predicted molar refractivity (Wildman–Crippen MR) is 108 cm³/mol. The number of guanidine groups is 1. The molecule has 0 bridgehead atoms. The molecule has 2 rings (SSSR count). The van der Waals surface area contributed by atoms with Gasteiger partial charge in [0, 0.05) is 50.9 Å². The number of piperazine rings is 1. The highest BCUT2D eigenvalue weighted by Gasteiger charge is 2.26. The molecule has 1 N–H and O–H groups in total. The second-order valence-electron chi connectivity index (χ2n) is 5.72. The first-order chi connectivity index (χ1) is 11.6. The number of hydrogen-bond acceptors (Lipinski definition) is 2. The smallest absolute Gasteiger partial charge is 0.194 e. The van der Waals surface area contributed by atoms with Gasteiger partial charge in [-0.15, -0.1) is 30.4 Å². The molecule has 25 heavy (non-hydrogen) atoms. The van der Waals surface area contributed by atoms with Gasteiger partial charge in [0.25, 0.3) is 0 Å². The number of nitrogens with one attached hydrogen (secondary N) is 1. The van der Waals surface area contributed by atoms with Gasteiger partial charge in [0.1, 0.15) is 11.6 Å². The van der Waals surface area contributed by atoms with Crippen LogP contribution in [-0.4, -0.2) is 55.5 Å². The van der Waals surface area contributed by atoms with Crippen molar-refractivity contribution < 1.29 is 8.78 Å². The summed E-state index contributed by atoms with van der Waals surface area (Å²) in [5.74, 6) is 2.31. The normalized spacial score (nSPS) is 16.8. The Bertz CT molecular complexity index is 622. The fraction of sp³-hybridized carbons (Fsp3) is 0.500. The number of benzene rings is 1. The Hall–Kier alpha value is -1.40. The van der Waals surface area contributed by atoms with E-state index in [2.05, 4.69) is 26.0 Å². The summed E-state index contributed by atoms with van der Waals surface area (Å²) in [4.78, 5) is 8.61. The first-order valence-corrected chi connectivity index (χ1v) is 8.18. The third-order valence-electron chi connectivity index (χ3n) is 4.32. The van der Waals surface area contributed by atoms with Crippen LogP contribution in [-0.2, 0) is 0 Å². The summed E-state index contributed by atoms with van der Waals surface area (Å²) < 4.78 is 27.3. The van der Waals surface area contributed by atoms with Crippen molar-refractivity contribution >= 4 is 29.9 Å². The van der Waals surface area contributed by atoms with Gasteiger partial charge in [-0.25, -0.2) is 8.78 Å². The SMILES string of the molecule is C#CCNC(=NC)N1CCN(C(CC)c2ccc(F)cc2F)CC1.I. The highest BCUT2D eigenvalue weighted by Crippen LogP contribution is 2.27. The van der Waals surface area contributed by atoms with Crippen LogP contribution in [0.2, 0.25) is 0 Å². The topological polar surface area (TPSA) is 30.9 Å². The molecule has 0 aromatic heterocycles. The molecule has 0 spiro atoms. The van der Waals surface area contributed by atoms with E-state index in [4.69, 9.17) is 6.42 Å². The van der Waals surface area contributed by atoms with Crippen LogP contribution in [0.1, 0.15) is 24.9 Å². The first kappa shape index (κ1) is 21.6. The highest BCUT2D eigenvalue weighted by atomic mass is 127. The Morgan fingerprint density at radius 3 is 2.52 bits per heavy atom. The van der Waals surface area contributed by atoms with Gasteiger partial charge < -0.3 is 10.2 Å². The standard InChI is InChI=1S/C18H24F2N4.HI/c1-4-8-22-18(21-3)24-11-9-23(10-12-24)17(5-2)15-7-6-14(19)13-16(15)20;/h1,6-7,13,17H,5,8-12H2,2-3H3,(H,21,22);1H. The minimum atomic E-state index is -0.542. The summed E-state index contributed by atoms with van der Waals surface area (Å²) in [6, 6.07) is 3.79. The Morgan fingerprint density at radius 2 is 2.00 bits per heavy atom. The van der Waals surface area contributed by atoms with Crippen LogP contribution in [0.5, 0.6) is 0 Å². The summed E-state index contributed by atoms with van der Waals surface area (Å²) in [6.07, 6.45) is 6.04. The molecule has 1 atom stereocenters. The van der Waals surface area contributed by atoms with E-state index in [1.807, 2.05) is 6.92 Å². The van der Waals surface area contributed by atoms with Crippen LogP contribution in [0.25, 0.3) is 0 Å². The van der Waals surface area contributed by atoms with Crippen LogP contribution >= 0.6 is 24.0 Å². The Balaban J connectivity index is 0.00000312. The van der Waals surface area contributed by atoms with Crippen molar-refractivity contribution in [3.63, 3.8) is 0 Å². The Kier molecular flexibility index (Phi) is 9.14. The third-order valence-corrected chi connectivity index (χ3v) is 4.32. The molecule has 0 aliphatic carbocycles. The van der Waals surface area contributed by atoms with E-state index >= 15 is 0 Å². The average Bonchev–Trinajstić information content (AvgIpc) is 2.59. The Morgan fingerprint density at radius 1 is 1.32 bits per heavy atom. The fourth-order valence-corrected chi connectivity index (χ4v) is 3.15. The van der Waals surface area contributed by atoms with Crippen molar-refractivity contribution in [2.75, 3.05) is 39.8 Å². The minimum absolute atomic E-state index is 0. The first-order valence-electron chi connectivity index (χ1n) is 8.18. The van der Waals surface area contributed by atoms with E-state index in [0.717, 1.165) is 44.6 Å². The molecule has 1 heterocycles. The summed E-state index contributed by atoms with van der Waals surface area (Å²) in [5.41, 5.74) is 0.558. The van der Waals surface area contributed by atoms with Gasteiger partial charge in [0.05, 0.1) is 6.54 Å². The van der Waals surface area contributed by atoms with Crippen LogP contribution in [0, 0.1) is 24.0 Å². The summed E-state index contributed by atoms with van der Waals surface area (Å²) in [6.45, 7) is 5.59. The predicted octanol–water partition coefficient (Wildman–Crippen LogP) is 2.86. The molecule has 1 aliphatic heterocycles. The van der Waals surface area contributed by atoms with Crippen LogP contribution in [0.15, 0.2) is 23.2 Å². The van der Waals surface area contributed by atoms with Gasteiger partial charge in [0.2, 0.25) is 0 Å². The lowest BCUT2D eigenvalue weighted by Crippen LogP contribution is -2.53. The zero-order valence-corrected chi connectivity index (χ0v) is 17.0. The minimum Gasteiger partial charge on any atom is -0.345 e. The molecule has 1 unspecified atom stereocenters. The molecule has 0 amide bonds. The average molecular weight is 462 g/mol. The molecule has 1 aromatic carbocycles. The van der Waals surface area contributed by atoms with Gasteiger partial charge in [-0.1, -0.05) is 18.9 Å². The molecule has 0 saturated carbocycles. The van der Waals surface area contributed by atoms with E-state index in [1.165, 1.54) is 6.07 Å². The lowest BCUT2D eigenvalue weighted by molar-refractivity contribution is 0.125. The molecule has 1 aliphatic rings. The molecular formula is C18H25F2IN4. The maximum atomic E-state index is 14.1. The Labute approximate surface area is 165 Å². The number of terminal acetylenes is 1. The van der Waals surface area contributed by atoms with E-state index in [0.29, 0.717) is 12.1 Å². The van der Waals surface area contributed by atoms with E-state index in [1.54, 1.807) is 13.1 Å². The van der Waals surface area contributed by atoms with Crippen molar-refractivity contribution in [1.82, 2.24) is 15.1 Å². The summed E-state index contributed by atoms with van der Waals surface area (Å²) >= 11 is 0. The van der Waals surface area contributed by atoms with Crippen LogP contribution < -0.4 is 5.32 Å². The number of rotatable bonds is 4. The molecule has 1 saturated heterocycles. The number of halogens is 3. The molecular weight excluding hydrogens is 437 g/mol. The van der Waals surface area contributed by atoms with E-state index < -0.39 is 11.6 Å². The maximum Gasteiger partial charge on any atom is 0.194 e. The molecule has 1 aromatic rings. The van der Waals surface area contributed by atoms with Crippen LogP contribution in [0.4, 0.5) is 8.78 Å². The van der Waals surface area contributed by atoms with Gasteiger partial charge >= 0.3 is 0 Å². The second-order valence-corrected chi connectivity index (χ2v) is 5.72. The quantitative estimate of drug-likeness (QED) is 0.323. The van der Waals surface area contributed by atoms with Gasteiger partial charge in [0.15, 0.2) is 5.96 Å². The van der Waals surface area contributed by atoms with Crippen molar-refractivity contribution in [3.8, 4) is 12.3 Å². The van der Waals surface area contributed by atoms with Crippen LogP contribution in [0.3, 0.4) is 0 Å². The molecule has 1 fully saturated rings. The van der Waals surface area contributed by atoms with Crippen molar-refractivity contribution in [2.45, 2.75) is 19.4 Å². The monoisotopic (exact) mass is 462 g/mol. The summed E-state index contributed by atoms with van der Waals surface area (Å²) in [5, 5.41) is 3.11. The zero-order chi connectivity index (χ0) is 17.5. The largest absolute Gasteiger partial charge is 0.345 e. The summed E-state index contributed by atoms with van der Waals surface area (Å²) in [7, 11) is 1.73.